The van der Waals surface area contributed by atoms with Crippen LogP contribution in [-0.2, 0) is 14.6 Å². The van der Waals surface area contributed by atoms with Crippen molar-refractivity contribution < 1.29 is 17.9 Å². The first-order valence-corrected chi connectivity index (χ1v) is 7.14. The van der Waals surface area contributed by atoms with Crippen LogP contribution in [0.25, 0.3) is 0 Å². The van der Waals surface area contributed by atoms with Gasteiger partial charge in [0.1, 0.15) is 18.1 Å². The highest BCUT2D eigenvalue weighted by Gasteiger charge is 2.15. The minimum atomic E-state index is -3.43. The predicted octanol–water partition coefficient (Wildman–Crippen LogP) is -0.192. The van der Waals surface area contributed by atoms with Crippen LogP contribution in [0.4, 0.5) is 5.69 Å². The summed E-state index contributed by atoms with van der Waals surface area (Å²) in [7, 11) is -2.04. The average molecular weight is 272 g/mol. The van der Waals surface area contributed by atoms with Gasteiger partial charge < -0.3 is 15.8 Å². The summed E-state index contributed by atoms with van der Waals surface area (Å²) in [5, 5.41) is 2.26. The van der Waals surface area contributed by atoms with E-state index in [1.54, 1.807) is 24.3 Å². The predicted molar refractivity (Wildman–Crippen MR) is 69.1 cm³/mol. The average Bonchev–Trinajstić information content (AvgIpc) is 2.31. The Kier molecular flexibility index (Phi) is 4.96. The van der Waals surface area contributed by atoms with E-state index in [-0.39, 0.29) is 12.4 Å². The molecule has 0 saturated heterocycles. The number of anilines is 1. The van der Waals surface area contributed by atoms with E-state index in [0.29, 0.717) is 11.4 Å². The van der Waals surface area contributed by atoms with E-state index < -0.39 is 21.5 Å². The maximum atomic E-state index is 11.5. The molecule has 0 atom stereocenters. The lowest BCUT2D eigenvalue weighted by Crippen LogP contribution is -2.29. The third kappa shape index (κ3) is 5.05. The summed E-state index contributed by atoms with van der Waals surface area (Å²) in [5.41, 5.74) is 6.10. The molecule has 0 bridgehead atoms. The lowest BCUT2D eigenvalue weighted by molar-refractivity contribution is -0.118. The molecule has 0 radical (unpaired) electrons. The Balaban J connectivity index is 2.41. The number of hydrogen-bond donors (Lipinski definition) is 2. The van der Waals surface area contributed by atoms with Gasteiger partial charge in [0.25, 0.3) is 0 Å². The topological polar surface area (TPSA) is 98.5 Å². The van der Waals surface area contributed by atoms with Gasteiger partial charge in [0.2, 0.25) is 5.91 Å². The SMILES string of the molecule is CNC(=O)CS(=O)(=O)CCOc1ccc(N)cc1. The highest BCUT2D eigenvalue weighted by Crippen LogP contribution is 2.12. The molecule has 0 aliphatic rings. The standard InChI is InChI=1S/C11H16N2O4S/c1-13-11(14)8-18(15,16)7-6-17-10-4-2-9(12)3-5-10/h2-5H,6-8,12H2,1H3,(H,13,14). The van der Waals surface area contributed by atoms with Gasteiger partial charge >= 0.3 is 0 Å². The number of benzene rings is 1. The number of nitrogens with two attached hydrogens (primary N) is 1. The maximum Gasteiger partial charge on any atom is 0.234 e. The number of sulfone groups is 1. The van der Waals surface area contributed by atoms with Crippen molar-refractivity contribution in [2.24, 2.45) is 0 Å². The van der Waals surface area contributed by atoms with Crippen LogP contribution in [0.15, 0.2) is 24.3 Å². The zero-order valence-corrected chi connectivity index (χ0v) is 10.9. The second-order valence-corrected chi connectivity index (χ2v) is 5.87. The molecule has 0 spiro atoms. The summed E-state index contributed by atoms with van der Waals surface area (Å²) in [6.07, 6.45) is 0. The van der Waals surface area contributed by atoms with Crippen LogP contribution in [0, 0.1) is 0 Å². The number of amides is 1. The van der Waals surface area contributed by atoms with Crippen molar-refractivity contribution in [3.63, 3.8) is 0 Å². The maximum absolute atomic E-state index is 11.5. The monoisotopic (exact) mass is 272 g/mol. The fraction of sp³-hybridized carbons (Fsp3) is 0.364. The van der Waals surface area contributed by atoms with Crippen LogP contribution in [0.2, 0.25) is 0 Å². The summed E-state index contributed by atoms with van der Waals surface area (Å²) >= 11 is 0. The number of rotatable bonds is 6. The van der Waals surface area contributed by atoms with Crippen molar-refractivity contribution in [3.8, 4) is 5.75 Å². The molecule has 1 aromatic rings. The first-order valence-electron chi connectivity index (χ1n) is 5.32. The zero-order chi connectivity index (χ0) is 13.6. The van der Waals surface area contributed by atoms with Gasteiger partial charge in [-0.1, -0.05) is 0 Å². The summed E-state index contributed by atoms with van der Waals surface area (Å²) in [4.78, 5) is 11.0. The van der Waals surface area contributed by atoms with Crippen molar-refractivity contribution >= 4 is 21.4 Å². The van der Waals surface area contributed by atoms with Gasteiger partial charge in [-0.15, -0.1) is 0 Å². The molecule has 0 aliphatic carbocycles. The van der Waals surface area contributed by atoms with E-state index >= 15 is 0 Å². The molecule has 0 aliphatic heterocycles. The van der Waals surface area contributed by atoms with Crippen LogP contribution in [0.5, 0.6) is 5.75 Å². The second-order valence-electron chi connectivity index (χ2n) is 3.68. The Morgan fingerprint density at radius 3 is 2.50 bits per heavy atom. The molecular formula is C11H16N2O4S. The molecule has 0 saturated carbocycles. The fourth-order valence-corrected chi connectivity index (χ4v) is 2.22. The lowest BCUT2D eigenvalue weighted by Gasteiger charge is -2.07. The van der Waals surface area contributed by atoms with Gasteiger partial charge in [-0.3, -0.25) is 4.79 Å². The van der Waals surface area contributed by atoms with Crippen molar-refractivity contribution in [1.82, 2.24) is 5.32 Å². The van der Waals surface area contributed by atoms with Crippen molar-refractivity contribution in [1.29, 1.82) is 0 Å². The van der Waals surface area contributed by atoms with Gasteiger partial charge in [-0.25, -0.2) is 8.42 Å². The van der Waals surface area contributed by atoms with Crippen LogP contribution in [-0.4, -0.2) is 39.5 Å². The molecule has 1 amide bonds. The number of carbonyl (C=O) groups is 1. The first-order chi connectivity index (χ1) is 8.43. The van der Waals surface area contributed by atoms with Crippen LogP contribution < -0.4 is 15.8 Å². The summed E-state index contributed by atoms with van der Waals surface area (Å²) < 4.78 is 28.2. The largest absolute Gasteiger partial charge is 0.493 e. The number of nitrogen functional groups attached to an aromatic ring is 1. The van der Waals surface area contributed by atoms with Crippen LogP contribution in [0.3, 0.4) is 0 Å². The normalized spacial score (nSPS) is 10.9. The fourth-order valence-electron chi connectivity index (χ4n) is 1.19. The Labute approximate surface area is 106 Å². The molecule has 0 heterocycles. The zero-order valence-electron chi connectivity index (χ0n) is 10.0. The number of ether oxygens (including phenoxy) is 1. The molecule has 0 aromatic heterocycles. The quantitative estimate of drug-likeness (QED) is 0.699. The van der Waals surface area contributed by atoms with E-state index in [1.165, 1.54) is 7.05 Å². The third-order valence-corrected chi connectivity index (χ3v) is 3.66. The molecule has 0 fully saturated rings. The molecule has 0 unspecified atom stereocenters. The van der Waals surface area contributed by atoms with Crippen molar-refractivity contribution in [2.45, 2.75) is 0 Å². The summed E-state index contributed by atoms with van der Waals surface area (Å²) in [5.74, 6) is -0.707. The van der Waals surface area contributed by atoms with E-state index in [0.717, 1.165) is 0 Å². The molecule has 3 N–H and O–H groups in total. The van der Waals surface area contributed by atoms with Gasteiger partial charge in [0.15, 0.2) is 9.84 Å². The van der Waals surface area contributed by atoms with Crippen LogP contribution in [0.1, 0.15) is 0 Å². The Bertz CT molecular complexity index is 496. The van der Waals surface area contributed by atoms with Crippen molar-refractivity contribution in [3.05, 3.63) is 24.3 Å². The summed E-state index contributed by atoms with van der Waals surface area (Å²) in [6, 6.07) is 6.63. The molecular weight excluding hydrogens is 256 g/mol. The van der Waals surface area contributed by atoms with Crippen molar-refractivity contribution in [2.75, 3.05) is 30.9 Å². The van der Waals surface area contributed by atoms with Gasteiger partial charge in [-0.05, 0) is 24.3 Å². The Hall–Kier alpha value is -1.76. The van der Waals surface area contributed by atoms with Gasteiger partial charge in [-0.2, -0.15) is 0 Å². The smallest absolute Gasteiger partial charge is 0.234 e. The Morgan fingerprint density at radius 2 is 1.94 bits per heavy atom. The molecule has 1 aromatic carbocycles. The third-order valence-electron chi connectivity index (χ3n) is 2.17. The van der Waals surface area contributed by atoms with Gasteiger partial charge in [0, 0.05) is 12.7 Å². The molecule has 7 heteroatoms. The molecule has 18 heavy (non-hydrogen) atoms. The first kappa shape index (κ1) is 14.3. The van der Waals surface area contributed by atoms with Gasteiger partial charge in [0.05, 0.1) is 5.75 Å². The lowest BCUT2D eigenvalue weighted by atomic mass is 10.3. The number of carbonyl (C=O) groups excluding carboxylic acids is 1. The van der Waals surface area contributed by atoms with E-state index in [9.17, 15) is 13.2 Å². The minimum Gasteiger partial charge on any atom is -0.493 e. The van der Waals surface area contributed by atoms with Crippen LogP contribution >= 0.6 is 0 Å². The number of nitrogens with one attached hydrogen (secondary N) is 1. The highest BCUT2D eigenvalue weighted by atomic mass is 32.2. The highest BCUT2D eigenvalue weighted by molar-refractivity contribution is 7.92. The minimum absolute atomic E-state index is 0.00322. The molecule has 6 nitrogen and oxygen atoms in total. The van der Waals surface area contributed by atoms with E-state index in [1.807, 2.05) is 0 Å². The van der Waals surface area contributed by atoms with E-state index in [4.69, 9.17) is 10.5 Å². The Morgan fingerprint density at radius 1 is 1.33 bits per heavy atom. The molecule has 100 valence electrons. The summed E-state index contributed by atoms with van der Waals surface area (Å²) in [6.45, 7) is 0.00322. The van der Waals surface area contributed by atoms with E-state index in [2.05, 4.69) is 5.32 Å². The molecule has 1 rings (SSSR count). The second kappa shape index (κ2) is 6.25. The number of hydrogen-bond acceptors (Lipinski definition) is 5.